The van der Waals surface area contributed by atoms with E-state index in [1.54, 1.807) is 4.31 Å². The zero-order valence-electron chi connectivity index (χ0n) is 10.7. The van der Waals surface area contributed by atoms with E-state index in [0.717, 1.165) is 12.8 Å². The number of aromatic hydroxyl groups is 1. The average molecular weight is 269 g/mol. The summed E-state index contributed by atoms with van der Waals surface area (Å²) in [6, 6.07) is 5.76. The minimum absolute atomic E-state index is 0.0348. The Kier molecular flexibility index (Phi) is 3.64. The molecule has 1 aromatic carbocycles. The lowest BCUT2D eigenvalue weighted by Gasteiger charge is -2.35. The van der Waals surface area contributed by atoms with Crippen molar-refractivity contribution in [2.45, 2.75) is 37.6 Å². The van der Waals surface area contributed by atoms with Gasteiger partial charge < -0.3 is 5.11 Å². The molecule has 0 radical (unpaired) electrons. The van der Waals surface area contributed by atoms with Crippen molar-refractivity contribution in [3.05, 3.63) is 24.3 Å². The van der Waals surface area contributed by atoms with Crippen molar-refractivity contribution in [3.63, 3.8) is 0 Å². The standard InChI is InChI=1S/C13H19NO3S/c1-10-7-8-14(11(2)9-10)18(16,17)13-5-3-12(15)4-6-13/h3-6,10-11,15H,7-9H2,1-2H3. The molecule has 4 nitrogen and oxygen atoms in total. The summed E-state index contributed by atoms with van der Waals surface area (Å²) in [5.74, 6) is 0.653. The smallest absolute Gasteiger partial charge is 0.243 e. The largest absolute Gasteiger partial charge is 0.508 e. The normalized spacial score (nSPS) is 26.1. The van der Waals surface area contributed by atoms with Crippen LogP contribution < -0.4 is 0 Å². The van der Waals surface area contributed by atoms with E-state index in [1.807, 2.05) is 6.92 Å². The van der Waals surface area contributed by atoms with Gasteiger partial charge in [0.15, 0.2) is 0 Å². The highest BCUT2D eigenvalue weighted by Crippen LogP contribution is 2.28. The number of piperidine rings is 1. The predicted octanol–water partition coefficient (Wildman–Crippen LogP) is 2.20. The van der Waals surface area contributed by atoms with Crippen molar-refractivity contribution in [2.75, 3.05) is 6.54 Å². The van der Waals surface area contributed by atoms with E-state index in [0.29, 0.717) is 12.5 Å². The summed E-state index contributed by atoms with van der Waals surface area (Å²) < 4.78 is 26.5. The van der Waals surface area contributed by atoms with Gasteiger partial charge in [0.25, 0.3) is 0 Å². The maximum atomic E-state index is 12.5. The Morgan fingerprint density at radius 3 is 2.39 bits per heavy atom. The van der Waals surface area contributed by atoms with Gasteiger partial charge in [0.2, 0.25) is 10.0 Å². The first-order valence-corrected chi connectivity index (χ1v) is 7.66. The van der Waals surface area contributed by atoms with Crippen LogP contribution in [0, 0.1) is 5.92 Å². The topological polar surface area (TPSA) is 57.6 Å². The van der Waals surface area contributed by atoms with Crippen LogP contribution in [0.5, 0.6) is 5.75 Å². The molecular weight excluding hydrogens is 250 g/mol. The van der Waals surface area contributed by atoms with Crippen LogP contribution in [0.1, 0.15) is 26.7 Å². The Morgan fingerprint density at radius 2 is 1.83 bits per heavy atom. The van der Waals surface area contributed by atoms with E-state index in [9.17, 15) is 13.5 Å². The van der Waals surface area contributed by atoms with E-state index >= 15 is 0 Å². The zero-order chi connectivity index (χ0) is 13.3. The molecular formula is C13H19NO3S. The lowest BCUT2D eigenvalue weighted by Crippen LogP contribution is -2.44. The number of hydrogen-bond donors (Lipinski definition) is 1. The fraction of sp³-hybridized carbons (Fsp3) is 0.538. The number of nitrogens with zero attached hydrogens (tertiary/aromatic N) is 1. The molecule has 0 amide bonds. The van der Waals surface area contributed by atoms with E-state index in [4.69, 9.17) is 0 Å². The summed E-state index contributed by atoms with van der Waals surface area (Å²) in [6.07, 6.45) is 1.80. The minimum Gasteiger partial charge on any atom is -0.508 e. The van der Waals surface area contributed by atoms with Gasteiger partial charge in [-0.25, -0.2) is 8.42 Å². The van der Waals surface area contributed by atoms with Gasteiger partial charge in [0, 0.05) is 12.6 Å². The third-order valence-electron chi connectivity index (χ3n) is 3.52. The quantitative estimate of drug-likeness (QED) is 0.895. The van der Waals surface area contributed by atoms with E-state index in [1.165, 1.54) is 24.3 Å². The Labute approximate surface area is 108 Å². The highest BCUT2D eigenvalue weighted by molar-refractivity contribution is 7.89. The summed E-state index contributed by atoms with van der Waals surface area (Å²) in [5.41, 5.74) is 0. The molecule has 1 heterocycles. The molecule has 1 fully saturated rings. The molecule has 0 bridgehead atoms. The average Bonchev–Trinajstić information content (AvgIpc) is 2.29. The van der Waals surface area contributed by atoms with Gasteiger partial charge in [0.1, 0.15) is 5.75 Å². The summed E-state index contributed by atoms with van der Waals surface area (Å²) in [5, 5.41) is 9.21. The fourth-order valence-corrected chi connectivity index (χ4v) is 4.15. The number of benzene rings is 1. The van der Waals surface area contributed by atoms with Crippen molar-refractivity contribution in [1.82, 2.24) is 4.31 Å². The van der Waals surface area contributed by atoms with Crippen molar-refractivity contribution >= 4 is 10.0 Å². The highest BCUT2D eigenvalue weighted by Gasteiger charge is 2.32. The first-order chi connectivity index (χ1) is 8.41. The molecule has 2 rings (SSSR count). The molecule has 0 spiro atoms. The number of rotatable bonds is 2. The van der Waals surface area contributed by atoms with Gasteiger partial charge in [0.05, 0.1) is 4.90 Å². The molecule has 100 valence electrons. The van der Waals surface area contributed by atoms with Crippen molar-refractivity contribution in [3.8, 4) is 5.75 Å². The van der Waals surface area contributed by atoms with Crippen LogP contribution in [0.4, 0.5) is 0 Å². The van der Waals surface area contributed by atoms with Gasteiger partial charge >= 0.3 is 0 Å². The van der Waals surface area contributed by atoms with Gasteiger partial charge in [-0.05, 0) is 49.9 Å². The SMILES string of the molecule is CC1CCN(S(=O)(=O)c2ccc(O)cc2)C(C)C1. The monoisotopic (exact) mass is 269 g/mol. The Balaban J connectivity index is 2.28. The molecule has 18 heavy (non-hydrogen) atoms. The van der Waals surface area contributed by atoms with Gasteiger partial charge in [-0.15, -0.1) is 0 Å². The maximum Gasteiger partial charge on any atom is 0.243 e. The van der Waals surface area contributed by atoms with Crippen LogP contribution in [0.25, 0.3) is 0 Å². The zero-order valence-corrected chi connectivity index (χ0v) is 11.5. The molecule has 1 aromatic rings. The fourth-order valence-electron chi connectivity index (χ4n) is 2.50. The predicted molar refractivity (Wildman–Crippen MR) is 69.9 cm³/mol. The summed E-state index contributed by atoms with van der Waals surface area (Å²) in [4.78, 5) is 0.252. The lowest BCUT2D eigenvalue weighted by atomic mass is 9.95. The molecule has 1 aliphatic rings. The van der Waals surface area contributed by atoms with Crippen molar-refractivity contribution in [2.24, 2.45) is 5.92 Å². The Morgan fingerprint density at radius 1 is 1.22 bits per heavy atom. The van der Waals surface area contributed by atoms with Crippen LogP contribution >= 0.6 is 0 Å². The molecule has 0 aliphatic carbocycles. The first-order valence-electron chi connectivity index (χ1n) is 6.22. The molecule has 1 saturated heterocycles. The molecule has 1 aliphatic heterocycles. The van der Waals surface area contributed by atoms with E-state index in [2.05, 4.69) is 6.92 Å². The molecule has 0 aromatic heterocycles. The first kappa shape index (κ1) is 13.4. The van der Waals surface area contributed by atoms with Gasteiger partial charge in [-0.3, -0.25) is 0 Å². The van der Waals surface area contributed by atoms with Gasteiger partial charge in [-0.2, -0.15) is 4.31 Å². The highest BCUT2D eigenvalue weighted by atomic mass is 32.2. The van der Waals surface area contributed by atoms with Crippen LogP contribution in [0.15, 0.2) is 29.2 Å². The third kappa shape index (κ3) is 2.52. The number of phenols is 1. The van der Waals surface area contributed by atoms with Crippen molar-refractivity contribution < 1.29 is 13.5 Å². The molecule has 0 saturated carbocycles. The van der Waals surface area contributed by atoms with Crippen LogP contribution in [0.2, 0.25) is 0 Å². The Bertz CT molecular complexity index is 510. The Hall–Kier alpha value is -1.07. The second-order valence-electron chi connectivity index (χ2n) is 5.09. The van der Waals surface area contributed by atoms with Crippen LogP contribution in [0.3, 0.4) is 0 Å². The lowest BCUT2D eigenvalue weighted by molar-refractivity contribution is 0.220. The number of hydrogen-bond acceptors (Lipinski definition) is 3. The summed E-state index contributed by atoms with van der Waals surface area (Å²) in [6.45, 7) is 4.68. The number of sulfonamides is 1. The molecule has 2 atom stereocenters. The summed E-state index contributed by atoms with van der Waals surface area (Å²) in [7, 11) is -3.43. The van der Waals surface area contributed by atoms with Crippen LogP contribution in [-0.2, 0) is 10.0 Å². The number of phenolic OH excluding ortho intramolecular Hbond substituents is 1. The van der Waals surface area contributed by atoms with Crippen LogP contribution in [-0.4, -0.2) is 30.4 Å². The maximum absolute atomic E-state index is 12.5. The molecule has 1 N–H and O–H groups in total. The van der Waals surface area contributed by atoms with Gasteiger partial charge in [-0.1, -0.05) is 6.92 Å². The third-order valence-corrected chi connectivity index (χ3v) is 5.55. The second-order valence-corrected chi connectivity index (χ2v) is 6.98. The van der Waals surface area contributed by atoms with E-state index in [-0.39, 0.29) is 16.7 Å². The minimum atomic E-state index is -3.43. The molecule has 2 unspecified atom stereocenters. The molecule has 5 heteroatoms. The summed E-state index contributed by atoms with van der Waals surface area (Å²) >= 11 is 0. The van der Waals surface area contributed by atoms with Crippen molar-refractivity contribution in [1.29, 1.82) is 0 Å². The second kappa shape index (κ2) is 4.90. The van der Waals surface area contributed by atoms with E-state index < -0.39 is 10.0 Å².